The fourth-order valence-corrected chi connectivity index (χ4v) is 10.3. The van der Waals surface area contributed by atoms with Crippen LogP contribution in [-0.4, -0.2) is 4.98 Å². The van der Waals surface area contributed by atoms with E-state index >= 15 is 0 Å². The second-order valence-corrected chi connectivity index (χ2v) is 17.1. The van der Waals surface area contributed by atoms with Crippen LogP contribution in [0.3, 0.4) is 0 Å². The Morgan fingerprint density at radius 3 is 1.44 bits per heavy atom. The van der Waals surface area contributed by atoms with Crippen LogP contribution in [0.1, 0.15) is 0 Å². The molecule has 0 spiro atoms. The first-order valence-electron chi connectivity index (χ1n) is 22.6. The minimum Gasteiger partial charge on any atom is -0.309 e. The molecule has 0 aliphatic carbocycles. The van der Waals surface area contributed by atoms with Crippen LogP contribution in [-0.2, 0) is 0 Å². The second-order valence-electron chi connectivity index (χ2n) is 17.1. The number of para-hydroxylation sites is 3. The molecule has 3 nitrogen and oxygen atoms in total. The third-order valence-electron chi connectivity index (χ3n) is 13.4. The molecule has 0 amide bonds. The minimum atomic E-state index is 1.01. The van der Waals surface area contributed by atoms with Crippen molar-refractivity contribution < 1.29 is 0 Å². The van der Waals surface area contributed by atoms with E-state index in [-0.39, 0.29) is 0 Å². The maximum absolute atomic E-state index is 4.78. The van der Waals surface area contributed by atoms with Gasteiger partial charge in [-0.25, -0.2) is 0 Å². The van der Waals surface area contributed by atoms with E-state index in [1.807, 2.05) is 12.3 Å². The predicted molar refractivity (Wildman–Crippen MR) is 276 cm³/mol. The summed E-state index contributed by atoms with van der Waals surface area (Å²) in [7, 11) is 0. The average Bonchev–Trinajstić information content (AvgIpc) is 3.60. The quantitative estimate of drug-likeness (QED) is 0.172. The zero-order chi connectivity index (χ0) is 43.6. The number of hydrogen-bond acceptors (Lipinski definition) is 3. The highest BCUT2D eigenvalue weighted by atomic mass is 15.2. The average molecular weight is 840 g/mol. The standard InChI is InChI=1S/C63H41N3/c1-2-15-42(16-3-1)45-18-12-20-49(39-45)66-60-29-11-9-26-56(60)53-23-6-7-24-54(53)58-40-46(33-37-61(58)66)47-32-36-57-52-22-5-4-21-51(52)55-25-8-10-28-59(55)65(62(57)41-47)48-34-30-43(31-35-48)50-27-13-17-44-19-14-38-64-63(44)50/h1-41H. The van der Waals surface area contributed by atoms with E-state index in [2.05, 4.69) is 246 Å². The Balaban J connectivity index is 0.993. The molecule has 0 unspecified atom stereocenters. The van der Waals surface area contributed by atoms with Gasteiger partial charge in [-0.05, 0) is 111 Å². The molecule has 0 saturated carbocycles. The van der Waals surface area contributed by atoms with E-state index < -0.39 is 0 Å². The number of benzene rings is 10. The molecule has 308 valence electrons. The number of aromatic nitrogens is 1. The van der Waals surface area contributed by atoms with Gasteiger partial charge in [0.05, 0.1) is 28.3 Å². The molecule has 0 radical (unpaired) electrons. The van der Waals surface area contributed by atoms with Crippen LogP contribution in [0.4, 0.5) is 34.1 Å². The fourth-order valence-electron chi connectivity index (χ4n) is 10.3. The summed E-state index contributed by atoms with van der Waals surface area (Å²) in [6.07, 6.45) is 1.88. The van der Waals surface area contributed by atoms with Crippen LogP contribution in [0.15, 0.2) is 249 Å². The molecule has 3 heteroatoms. The summed E-state index contributed by atoms with van der Waals surface area (Å²) in [5, 5.41) is 1.13. The molecule has 0 N–H and O–H groups in total. The molecular weight excluding hydrogens is 799 g/mol. The normalized spacial score (nSPS) is 12.2. The third kappa shape index (κ3) is 6.17. The van der Waals surface area contributed by atoms with E-state index in [9.17, 15) is 0 Å². The molecule has 3 heterocycles. The molecule has 11 aromatic rings. The SMILES string of the molecule is c1ccc(-c2cccc(N3c4ccccc4-c4ccccc4-c4cc(-c5ccc6c(c5)N(c5ccc(-c7cccc8cccnc78)cc5)c5ccccc5-c5ccccc5-6)ccc43)c2)cc1. The summed E-state index contributed by atoms with van der Waals surface area (Å²) < 4.78 is 0. The van der Waals surface area contributed by atoms with Gasteiger partial charge in [0.25, 0.3) is 0 Å². The first-order chi connectivity index (χ1) is 32.7. The van der Waals surface area contributed by atoms with E-state index in [0.29, 0.717) is 0 Å². The van der Waals surface area contributed by atoms with E-state index in [1.54, 1.807) is 0 Å². The molecule has 0 fully saturated rings. The number of nitrogens with zero attached hydrogens (tertiary/aromatic N) is 3. The lowest BCUT2D eigenvalue weighted by atomic mass is 9.91. The summed E-state index contributed by atoms with van der Waals surface area (Å²) in [5.74, 6) is 0. The summed E-state index contributed by atoms with van der Waals surface area (Å²) in [5.41, 5.74) is 24.4. The Labute approximate surface area is 384 Å². The highest BCUT2D eigenvalue weighted by molar-refractivity contribution is 6.06. The molecule has 10 aromatic carbocycles. The summed E-state index contributed by atoms with van der Waals surface area (Å²) in [6, 6.07) is 88.6. The van der Waals surface area contributed by atoms with Gasteiger partial charge in [0.15, 0.2) is 0 Å². The summed E-state index contributed by atoms with van der Waals surface area (Å²) >= 11 is 0. The lowest BCUT2D eigenvalue weighted by molar-refractivity contribution is 1.29. The molecule has 2 aliphatic rings. The van der Waals surface area contributed by atoms with Crippen molar-refractivity contribution in [1.82, 2.24) is 4.98 Å². The smallest absolute Gasteiger partial charge is 0.0780 e. The third-order valence-corrected chi connectivity index (χ3v) is 13.4. The van der Waals surface area contributed by atoms with Crippen LogP contribution in [0.2, 0.25) is 0 Å². The van der Waals surface area contributed by atoms with Gasteiger partial charge in [-0.3, -0.25) is 4.98 Å². The Bertz CT molecular complexity index is 3660. The van der Waals surface area contributed by atoms with Crippen molar-refractivity contribution in [2.75, 3.05) is 9.80 Å². The zero-order valence-corrected chi connectivity index (χ0v) is 36.0. The highest BCUT2D eigenvalue weighted by Gasteiger charge is 2.29. The van der Waals surface area contributed by atoms with Crippen LogP contribution in [0.25, 0.3) is 88.8 Å². The summed E-state index contributed by atoms with van der Waals surface area (Å²) in [4.78, 5) is 9.68. The van der Waals surface area contributed by atoms with Crippen molar-refractivity contribution >= 4 is 45.0 Å². The van der Waals surface area contributed by atoms with Gasteiger partial charge < -0.3 is 9.80 Å². The Hall–Kier alpha value is -8.79. The number of pyridine rings is 1. The molecule has 1 aromatic heterocycles. The lowest BCUT2D eigenvalue weighted by Crippen LogP contribution is -2.11. The largest absolute Gasteiger partial charge is 0.309 e. The van der Waals surface area contributed by atoms with Crippen molar-refractivity contribution in [2.24, 2.45) is 0 Å². The topological polar surface area (TPSA) is 19.4 Å². The first-order valence-corrected chi connectivity index (χ1v) is 22.6. The van der Waals surface area contributed by atoms with Gasteiger partial charge in [-0.1, -0.05) is 182 Å². The van der Waals surface area contributed by atoms with Crippen molar-refractivity contribution in [3.05, 3.63) is 249 Å². The van der Waals surface area contributed by atoms with Crippen LogP contribution in [0, 0.1) is 0 Å². The van der Waals surface area contributed by atoms with Gasteiger partial charge in [0.1, 0.15) is 0 Å². The van der Waals surface area contributed by atoms with Crippen LogP contribution in [0.5, 0.6) is 0 Å². The van der Waals surface area contributed by atoms with Gasteiger partial charge in [0, 0.05) is 50.8 Å². The number of anilines is 6. The maximum atomic E-state index is 4.78. The molecule has 0 bridgehead atoms. The van der Waals surface area contributed by atoms with Gasteiger partial charge in [-0.2, -0.15) is 0 Å². The molecule has 66 heavy (non-hydrogen) atoms. The minimum absolute atomic E-state index is 1.01. The summed E-state index contributed by atoms with van der Waals surface area (Å²) in [6.45, 7) is 0. The molecular formula is C63H41N3. The van der Waals surface area contributed by atoms with Crippen molar-refractivity contribution in [1.29, 1.82) is 0 Å². The Kier molecular flexibility index (Phi) is 8.85. The van der Waals surface area contributed by atoms with E-state index in [1.165, 1.54) is 55.6 Å². The van der Waals surface area contributed by atoms with Gasteiger partial charge in [-0.15, -0.1) is 0 Å². The van der Waals surface area contributed by atoms with E-state index in [4.69, 9.17) is 4.98 Å². The second kappa shape index (κ2) is 15.5. The predicted octanol–water partition coefficient (Wildman–Crippen LogP) is 17.5. The van der Waals surface area contributed by atoms with Crippen molar-refractivity contribution in [2.45, 2.75) is 0 Å². The molecule has 13 rings (SSSR count). The lowest BCUT2D eigenvalue weighted by Gasteiger charge is -2.29. The number of rotatable bonds is 5. The Morgan fingerprint density at radius 1 is 0.242 bits per heavy atom. The number of fused-ring (bicyclic) bond motifs is 11. The first kappa shape index (κ1) is 37.7. The van der Waals surface area contributed by atoms with Crippen molar-refractivity contribution in [3.8, 4) is 77.9 Å². The van der Waals surface area contributed by atoms with Crippen LogP contribution < -0.4 is 9.80 Å². The molecule has 2 aliphatic heterocycles. The number of hydrogen-bond donors (Lipinski definition) is 0. The monoisotopic (exact) mass is 839 g/mol. The highest BCUT2D eigenvalue weighted by Crippen LogP contribution is 2.54. The van der Waals surface area contributed by atoms with Crippen LogP contribution >= 0.6 is 0 Å². The van der Waals surface area contributed by atoms with Gasteiger partial charge in [0.2, 0.25) is 0 Å². The van der Waals surface area contributed by atoms with Gasteiger partial charge >= 0.3 is 0 Å². The molecule has 0 atom stereocenters. The zero-order valence-electron chi connectivity index (χ0n) is 36.0. The Morgan fingerprint density at radius 2 is 0.727 bits per heavy atom. The molecule has 0 saturated heterocycles. The van der Waals surface area contributed by atoms with Crippen molar-refractivity contribution in [3.63, 3.8) is 0 Å². The fraction of sp³-hybridized carbons (Fsp3) is 0. The maximum Gasteiger partial charge on any atom is 0.0780 e. The van der Waals surface area contributed by atoms with E-state index in [0.717, 1.165) is 67.3 Å².